The van der Waals surface area contributed by atoms with Gasteiger partial charge < -0.3 is 14.6 Å². The molecular weight excluding hydrogens is 382 g/mol. The molecule has 0 bridgehead atoms. The minimum atomic E-state index is -1.52. The van der Waals surface area contributed by atoms with Crippen molar-refractivity contribution in [3.8, 4) is 5.75 Å². The minimum Gasteiger partial charge on any atom is -0.507 e. The van der Waals surface area contributed by atoms with E-state index in [9.17, 15) is 14.7 Å². The maximum Gasteiger partial charge on any atom is 0.342 e. The molecule has 0 heterocycles. The van der Waals surface area contributed by atoms with Gasteiger partial charge in [-0.25, -0.2) is 9.59 Å². The van der Waals surface area contributed by atoms with Crippen LogP contribution in [0, 0.1) is 6.92 Å². The molecule has 2 aromatic rings. The standard InChI is InChI=1S/C21H22ClNO5/c1-4-27-20(25)19(21(26)28-5-2)23-18(14-9-7-6-8-10-14)15-12-16(22)13(3)11-17(15)24/h6-12,19,24H,4-5H2,1-3H3. The summed E-state index contributed by atoms with van der Waals surface area (Å²) in [6.07, 6.45) is 0. The number of aliphatic imine (C=N–C) groups is 1. The number of rotatable bonds is 7. The molecule has 0 atom stereocenters. The highest BCUT2D eigenvalue weighted by molar-refractivity contribution is 6.32. The number of benzene rings is 2. The molecule has 1 N–H and O–H groups in total. The Balaban J connectivity index is 2.67. The lowest BCUT2D eigenvalue weighted by Gasteiger charge is -2.15. The van der Waals surface area contributed by atoms with Crippen molar-refractivity contribution in [2.24, 2.45) is 4.99 Å². The first kappa shape index (κ1) is 21.4. The Bertz CT molecular complexity index is 862. The molecule has 0 aromatic heterocycles. The van der Waals surface area contributed by atoms with Gasteiger partial charge in [-0.1, -0.05) is 41.9 Å². The maximum absolute atomic E-state index is 12.3. The zero-order valence-electron chi connectivity index (χ0n) is 15.9. The average Bonchev–Trinajstić information content (AvgIpc) is 2.67. The van der Waals surface area contributed by atoms with Crippen LogP contribution in [0.4, 0.5) is 0 Å². The highest BCUT2D eigenvalue weighted by atomic mass is 35.5. The number of aromatic hydroxyl groups is 1. The van der Waals surface area contributed by atoms with E-state index >= 15 is 0 Å². The van der Waals surface area contributed by atoms with Crippen molar-refractivity contribution in [2.75, 3.05) is 13.2 Å². The molecule has 7 heteroatoms. The van der Waals surface area contributed by atoms with Gasteiger partial charge in [0.25, 0.3) is 0 Å². The molecule has 2 rings (SSSR count). The number of carbonyl (C=O) groups is 2. The van der Waals surface area contributed by atoms with Gasteiger partial charge in [0, 0.05) is 16.1 Å². The number of ether oxygens (including phenoxy) is 2. The van der Waals surface area contributed by atoms with Gasteiger partial charge in [-0.15, -0.1) is 0 Å². The second kappa shape index (κ2) is 9.90. The largest absolute Gasteiger partial charge is 0.507 e. The lowest BCUT2D eigenvalue weighted by Crippen LogP contribution is -2.33. The van der Waals surface area contributed by atoms with Crippen molar-refractivity contribution in [3.05, 3.63) is 64.2 Å². The van der Waals surface area contributed by atoms with Crippen LogP contribution in [0.5, 0.6) is 5.75 Å². The first-order valence-electron chi connectivity index (χ1n) is 8.85. The van der Waals surface area contributed by atoms with E-state index in [2.05, 4.69) is 4.99 Å². The van der Waals surface area contributed by atoms with Gasteiger partial charge in [0.2, 0.25) is 6.04 Å². The number of phenolic OH excluding ortho intramolecular Hbond substituents is 1. The number of esters is 2. The van der Waals surface area contributed by atoms with Gasteiger partial charge >= 0.3 is 11.9 Å². The van der Waals surface area contributed by atoms with E-state index in [-0.39, 0.29) is 24.7 Å². The van der Waals surface area contributed by atoms with Crippen LogP contribution in [0.25, 0.3) is 0 Å². The predicted octanol–water partition coefficient (Wildman–Crippen LogP) is 3.69. The summed E-state index contributed by atoms with van der Waals surface area (Å²) in [5, 5.41) is 10.9. The van der Waals surface area contributed by atoms with Crippen LogP contribution in [-0.2, 0) is 19.1 Å². The van der Waals surface area contributed by atoms with Crippen molar-refractivity contribution in [1.82, 2.24) is 0 Å². The fourth-order valence-electron chi connectivity index (χ4n) is 2.52. The Morgan fingerprint density at radius 2 is 1.64 bits per heavy atom. The van der Waals surface area contributed by atoms with Crippen molar-refractivity contribution in [1.29, 1.82) is 0 Å². The molecule has 0 aliphatic rings. The van der Waals surface area contributed by atoms with E-state index in [1.54, 1.807) is 51.1 Å². The Morgan fingerprint density at radius 3 is 2.18 bits per heavy atom. The molecule has 0 aliphatic heterocycles. The van der Waals surface area contributed by atoms with E-state index in [1.165, 1.54) is 6.07 Å². The van der Waals surface area contributed by atoms with Crippen LogP contribution in [0.1, 0.15) is 30.5 Å². The van der Waals surface area contributed by atoms with E-state index in [0.717, 1.165) is 0 Å². The summed E-state index contributed by atoms with van der Waals surface area (Å²) in [7, 11) is 0. The number of halogens is 1. The topological polar surface area (TPSA) is 85.2 Å². The number of phenols is 1. The number of hydrogen-bond donors (Lipinski definition) is 1. The molecule has 0 saturated carbocycles. The van der Waals surface area contributed by atoms with E-state index < -0.39 is 18.0 Å². The van der Waals surface area contributed by atoms with Crippen LogP contribution < -0.4 is 0 Å². The summed E-state index contributed by atoms with van der Waals surface area (Å²) < 4.78 is 9.96. The van der Waals surface area contributed by atoms with E-state index in [1.807, 2.05) is 6.07 Å². The third-order valence-corrected chi connectivity index (χ3v) is 4.26. The molecule has 0 aliphatic carbocycles. The van der Waals surface area contributed by atoms with Crippen molar-refractivity contribution in [3.63, 3.8) is 0 Å². The smallest absolute Gasteiger partial charge is 0.342 e. The zero-order valence-corrected chi connectivity index (χ0v) is 16.7. The van der Waals surface area contributed by atoms with Crippen LogP contribution in [0.2, 0.25) is 5.02 Å². The molecule has 2 aromatic carbocycles. The summed E-state index contributed by atoms with van der Waals surface area (Å²) in [5.74, 6) is -1.73. The van der Waals surface area contributed by atoms with Crippen LogP contribution >= 0.6 is 11.6 Å². The Kier molecular flexibility index (Phi) is 7.58. The fraction of sp³-hybridized carbons (Fsp3) is 0.286. The van der Waals surface area contributed by atoms with Crippen LogP contribution in [0.15, 0.2) is 47.5 Å². The normalized spacial score (nSPS) is 11.4. The third-order valence-electron chi connectivity index (χ3n) is 3.86. The summed E-state index contributed by atoms with van der Waals surface area (Å²) >= 11 is 6.23. The Morgan fingerprint density at radius 1 is 1.07 bits per heavy atom. The molecule has 0 radical (unpaired) electrons. The summed E-state index contributed by atoms with van der Waals surface area (Å²) in [5.41, 5.74) is 1.80. The third kappa shape index (κ3) is 5.10. The van der Waals surface area contributed by atoms with E-state index in [4.69, 9.17) is 21.1 Å². The minimum absolute atomic E-state index is 0.0732. The molecule has 148 valence electrons. The lowest BCUT2D eigenvalue weighted by molar-refractivity contribution is -0.156. The highest BCUT2D eigenvalue weighted by Gasteiger charge is 2.30. The first-order chi connectivity index (χ1) is 13.4. The number of hydrogen-bond acceptors (Lipinski definition) is 6. The molecule has 0 spiro atoms. The second-order valence-corrected chi connectivity index (χ2v) is 6.28. The van der Waals surface area contributed by atoms with Crippen molar-refractivity contribution in [2.45, 2.75) is 26.8 Å². The summed E-state index contributed by atoms with van der Waals surface area (Å²) in [6.45, 7) is 5.20. The van der Waals surface area contributed by atoms with Crippen molar-refractivity contribution >= 4 is 29.3 Å². The first-order valence-corrected chi connectivity index (χ1v) is 9.22. The lowest BCUT2D eigenvalue weighted by atomic mass is 9.99. The molecule has 0 saturated heterocycles. The summed E-state index contributed by atoms with van der Waals surface area (Å²) in [4.78, 5) is 29.0. The van der Waals surface area contributed by atoms with Gasteiger partial charge in [-0.2, -0.15) is 0 Å². The highest BCUT2D eigenvalue weighted by Crippen LogP contribution is 2.28. The van der Waals surface area contributed by atoms with Gasteiger partial charge in [0.05, 0.1) is 18.9 Å². The van der Waals surface area contributed by atoms with Crippen molar-refractivity contribution < 1.29 is 24.2 Å². The molecule has 6 nitrogen and oxygen atoms in total. The van der Waals surface area contributed by atoms with Gasteiger partial charge in [0.1, 0.15) is 5.75 Å². The quantitative estimate of drug-likeness (QED) is 0.433. The van der Waals surface area contributed by atoms with Crippen LogP contribution in [-0.4, -0.2) is 42.0 Å². The predicted molar refractivity (Wildman–Crippen MR) is 107 cm³/mol. The molecule has 0 unspecified atom stereocenters. The number of carbonyl (C=O) groups excluding carboxylic acids is 2. The molecule has 0 fully saturated rings. The maximum atomic E-state index is 12.3. The van der Waals surface area contributed by atoms with Gasteiger partial charge in [-0.05, 0) is 38.5 Å². The molecule has 0 amide bonds. The molecule has 28 heavy (non-hydrogen) atoms. The number of nitrogens with zero attached hydrogens (tertiary/aromatic N) is 1. The van der Waals surface area contributed by atoms with E-state index in [0.29, 0.717) is 21.7 Å². The Labute approximate surface area is 168 Å². The van der Waals surface area contributed by atoms with Crippen LogP contribution in [0.3, 0.4) is 0 Å². The SMILES string of the molecule is CCOC(=O)C(N=C(c1ccccc1)c1cc(Cl)c(C)cc1O)C(=O)OCC. The zero-order chi connectivity index (χ0) is 20.7. The fourth-order valence-corrected chi connectivity index (χ4v) is 2.69. The second-order valence-electron chi connectivity index (χ2n) is 5.87. The van der Waals surface area contributed by atoms with Gasteiger partial charge in [-0.3, -0.25) is 4.99 Å². The van der Waals surface area contributed by atoms with Gasteiger partial charge in [0.15, 0.2) is 0 Å². The summed E-state index contributed by atoms with van der Waals surface area (Å²) in [6, 6.07) is 10.4. The molecular formula is C21H22ClNO5. The Hall–Kier alpha value is -2.86. The monoisotopic (exact) mass is 403 g/mol. The average molecular weight is 404 g/mol. The number of aryl methyl sites for hydroxylation is 1.